The van der Waals surface area contributed by atoms with Gasteiger partial charge in [-0.25, -0.2) is 4.68 Å². The molecule has 1 aromatic heterocycles. The van der Waals surface area contributed by atoms with Gasteiger partial charge < -0.3 is 5.32 Å². The Labute approximate surface area is 124 Å². The van der Waals surface area contributed by atoms with Crippen LogP contribution in [0.2, 0.25) is 5.02 Å². The number of hydrogen-bond donors (Lipinski definition) is 1. The molecule has 0 aliphatic heterocycles. The predicted octanol–water partition coefficient (Wildman–Crippen LogP) is 3.06. The Balaban J connectivity index is 1.78. The van der Waals surface area contributed by atoms with Gasteiger partial charge in [-0.1, -0.05) is 18.0 Å². The van der Waals surface area contributed by atoms with Crippen LogP contribution in [0.25, 0.3) is 0 Å². The molecular weight excluding hydrogens is 307 g/mol. The zero-order chi connectivity index (χ0) is 15.2. The summed E-state index contributed by atoms with van der Waals surface area (Å²) in [5.41, 5.74) is -0.584. The number of aromatic nitrogens is 2. The van der Waals surface area contributed by atoms with Gasteiger partial charge in [0.2, 0.25) is 0 Å². The molecule has 3 rings (SSSR count). The van der Waals surface area contributed by atoms with E-state index in [2.05, 4.69) is 10.4 Å². The summed E-state index contributed by atoms with van der Waals surface area (Å²) in [6.45, 7) is -1.43. The summed E-state index contributed by atoms with van der Waals surface area (Å²) in [6.07, 6.45) is 1.29. The molecule has 2 aliphatic rings. The van der Waals surface area contributed by atoms with Crippen LogP contribution < -0.4 is 10.9 Å². The summed E-state index contributed by atoms with van der Waals surface area (Å²) in [5, 5.41) is 6.52. The monoisotopic (exact) mass is 321 g/mol. The number of alkyl halides is 3. The van der Waals surface area contributed by atoms with Gasteiger partial charge in [0.1, 0.15) is 11.6 Å². The maximum absolute atomic E-state index is 12.3. The van der Waals surface area contributed by atoms with Crippen LogP contribution in [-0.4, -0.2) is 22.0 Å². The second kappa shape index (κ2) is 5.19. The molecule has 0 aromatic carbocycles. The van der Waals surface area contributed by atoms with Crippen molar-refractivity contribution in [2.75, 3.05) is 5.32 Å². The molecule has 1 heterocycles. The van der Waals surface area contributed by atoms with E-state index in [9.17, 15) is 18.0 Å². The van der Waals surface area contributed by atoms with Gasteiger partial charge in [0, 0.05) is 6.04 Å². The van der Waals surface area contributed by atoms with Crippen molar-refractivity contribution in [1.29, 1.82) is 0 Å². The molecule has 3 unspecified atom stereocenters. The van der Waals surface area contributed by atoms with Crippen LogP contribution in [0.15, 0.2) is 11.0 Å². The molecule has 2 saturated carbocycles. The summed E-state index contributed by atoms with van der Waals surface area (Å²) in [6, 6.07) is 0.237. The standard InChI is InChI=1S/C13H15ClF3N3O/c14-11-10(19-9-4-7-1-2-8(9)3-7)5-18-20(12(11)21)6-13(15,16)17/h5,7-9,19H,1-4,6H2. The summed E-state index contributed by atoms with van der Waals surface area (Å²) in [5.74, 6) is 1.27. The molecule has 1 aromatic rings. The van der Waals surface area contributed by atoms with Crippen molar-refractivity contribution in [2.24, 2.45) is 11.8 Å². The number of halogens is 4. The first kappa shape index (κ1) is 14.7. The zero-order valence-electron chi connectivity index (χ0n) is 11.2. The Morgan fingerprint density at radius 1 is 1.38 bits per heavy atom. The van der Waals surface area contributed by atoms with Gasteiger partial charge in [0.05, 0.1) is 11.9 Å². The number of rotatable bonds is 3. The van der Waals surface area contributed by atoms with Crippen molar-refractivity contribution in [3.05, 3.63) is 21.6 Å². The van der Waals surface area contributed by atoms with Gasteiger partial charge in [-0.05, 0) is 31.1 Å². The third-order valence-electron chi connectivity index (χ3n) is 4.39. The Bertz CT molecular complexity index is 601. The minimum Gasteiger partial charge on any atom is -0.379 e. The predicted molar refractivity (Wildman–Crippen MR) is 72.4 cm³/mol. The molecule has 0 spiro atoms. The fourth-order valence-corrected chi connectivity index (χ4v) is 3.67. The lowest BCUT2D eigenvalue weighted by molar-refractivity contribution is -0.143. The van der Waals surface area contributed by atoms with Crippen LogP contribution in [0, 0.1) is 11.8 Å². The quantitative estimate of drug-likeness (QED) is 0.930. The van der Waals surface area contributed by atoms with E-state index in [1.165, 1.54) is 19.0 Å². The number of hydrogen-bond acceptors (Lipinski definition) is 3. The van der Waals surface area contributed by atoms with Crippen LogP contribution in [0.1, 0.15) is 25.7 Å². The molecule has 4 nitrogen and oxygen atoms in total. The van der Waals surface area contributed by atoms with Crippen molar-refractivity contribution in [3.63, 3.8) is 0 Å². The lowest BCUT2D eigenvalue weighted by Crippen LogP contribution is -2.32. The van der Waals surface area contributed by atoms with Crippen molar-refractivity contribution in [3.8, 4) is 0 Å². The smallest absolute Gasteiger partial charge is 0.379 e. The van der Waals surface area contributed by atoms with E-state index in [1.807, 2.05) is 0 Å². The highest BCUT2D eigenvalue weighted by Gasteiger charge is 2.39. The number of nitrogens with zero attached hydrogens (tertiary/aromatic N) is 2. The minimum atomic E-state index is -4.50. The first-order valence-electron chi connectivity index (χ1n) is 6.92. The third kappa shape index (κ3) is 3.02. The Morgan fingerprint density at radius 3 is 2.71 bits per heavy atom. The highest BCUT2D eigenvalue weighted by molar-refractivity contribution is 6.32. The van der Waals surface area contributed by atoms with Crippen molar-refractivity contribution >= 4 is 17.3 Å². The molecule has 0 amide bonds. The molecule has 1 N–H and O–H groups in total. The van der Waals surface area contributed by atoms with Gasteiger partial charge >= 0.3 is 6.18 Å². The lowest BCUT2D eigenvalue weighted by Gasteiger charge is -2.24. The Morgan fingerprint density at radius 2 is 2.14 bits per heavy atom. The molecule has 3 atom stereocenters. The third-order valence-corrected chi connectivity index (χ3v) is 4.76. The second-order valence-corrected chi connectivity index (χ2v) is 6.25. The van der Waals surface area contributed by atoms with Gasteiger partial charge in [-0.2, -0.15) is 18.3 Å². The maximum atomic E-state index is 12.3. The van der Waals surface area contributed by atoms with Crippen molar-refractivity contribution in [1.82, 2.24) is 9.78 Å². The van der Waals surface area contributed by atoms with Crippen LogP contribution in [0.3, 0.4) is 0 Å². The lowest BCUT2D eigenvalue weighted by atomic mass is 9.95. The first-order chi connectivity index (χ1) is 9.83. The fraction of sp³-hybridized carbons (Fsp3) is 0.692. The summed E-state index contributed by atoms with van der Waals surface area (Å²) < 4.78 is 37.3. The van der Waals surface area contributed by atoms with E-state index in [-0.39, 0.29) is 11.1 Å². The molecule has 8 heteroatoms. The van der Waals surface area contributed by atoms with E-state index >= 15 is 0 Å². The van der Waals surface area contributed by atoms with Crippen molar-refractivity contribution < 1.29 is 13.2 Å². The Hall–Kier alpha value is -1.24. The van der Waals surface area contributed by atoms with E-state index in [4.69, 9.17) is 11.6 Å². The minimum absolute atomic E-state index is 0.225. The molecular formula is C13H15ClF3N3O. The van der Waals surface area contributed by atoms with Gasteiger partial charge in [-0.15, -0.1) is 0 Å². The maximum Gasteiger partial charge on any atom is 0.408 e. The number of anilines is 1. The van der Waals surface area contributed by atoms with E-state index in [1.54, 1.807) is 0 Å². The van der Waals surface area contributed by atoms with Gasteiger partial charge in [-0.3, -0.25) is 4.79 Å². The molecule has 21 heavy (non-hydrogen) atoms. The van der Waals surface area contributed by atoms with Crippen LogP contribution in [0.5, 0.6) is 0 Å². The molecule has 116 valence electrons. The SMILES string of the molecule is O=c1c(Cl)c(NC2CC3CCC2C3)cnn1CC(F)(F)F. The van der Waals surface area contributed by atoms with Gasteiger partial charge in [0.25, 0.3) is 5.56 Å². The topological polar surface area (TPSA) is 46.9 Å². The molecule has 2 bridgehead atoms. The largest absolute Gasteiger partial charge is 0.408 e. The Kier molecular flexibility index (Phi) is 3.63. The summed E-state index contributed by atoms with van der Waals surface area (Å²) in [4.78, 5) is 11.8. The summed E-state index contributed by atoms with van der Waals surface area (Å²) in [7, 11) is 0. The van der Waals surface area contributed by atoms with Gasteiger partial charge in [0.15, 0.2) is 0 Å². The molecule has 0 saturated heterocycles. The molecule has 2 fully saturated rings. The molecule has 0 radical (unpaired) electrons. The van der Waals surface area contributed by atoms with Crippen molar-refractivity contribution in [2.45, 2.75) is 44.4 Å². The zero-order valence-corrected chi connectivity index (χ0v) is 11.9. The van der Waals surface area contributed by atoms with E-state index in [0.717, 1.165) is 12.8 Å². The summed E-state index contributed by atoms with van der Waals surface area (Å²) >= 11 is 5.90. The normalized spacial score (nSPS) is 28.1. The average Bonchev–Trinajstić information content (AvgIpc) is 2.99. The highest BCUT2D eigenvalue weighted by atomic mass is 35.5. The van der Waals surface area contributed by atoms with E-state index in [0.29, 0.717) is 22.2 Å². The molecule has 2 aliphatic carbocycles. The fourth-order valence-electron chi connectivity index (χ4n) is 3.47. The first-order valence-corrected chi connectivity index (χ1v) is 7.30. The highest BCUT2D eigenvalue weighted by Crippen LogP contribution is 2.45. The van der Waals surface area contributed by atoms with E-state index < -0.39 is 18.3 Å². The van der Waals surface area contributed by atoms with Crippen LogP contribution in [0.4, 0.5) is 18.9 Å². The van der Waals surface area contributed by atoms with Crippen LogP contribution >= 0.6 is 11.6 Å². The average molecular weight is 322 g/mol. The second-order valence-electron chi connectivity index (χ2n) is 5.88. The number of nitrogens with one attached hydrogen (secondary N) is 1. The van der Waals surface area contributed by atoms with Crippen LogP contribution in [-0.2, 0) is 6.54 Å². The number of fused-ring (bicyclic) bond motifs is 2.